The third-order valence-corrected chi connectivity index (χ3v) is 7.00. The van der Waals surface area contributed by atoms with Crippen LogP contribution >= 0.6 is 38.6 Å². The molecule has 4 aromatic rings. The second-order valence-electron chi connectivity index (χ2n) is 6.84. The maximum Gasteiger partial charge on any atom is 0.254 e. The predicted octanol–water partition coefficient (Wildman–Crippen LogP) is 5.84. The molecule has 0 atom stereocenters. The monoisotopic (exact) mass is 474 g/mol. The van der Waals surface area contributed by atoms with Crippen LogP contribution in [0.1, 0.15) is 35.1 Å². The molecule has 0 spiro atoms. The van der Waals surface area contributed by atoms with Crippen LogP contribution in [0.2, 0.25) is 0 Å². The first-order chi connectivity index (χ1) is 13.4. The summed E-state index contributed by atoms with van der Waals surface area (Å²) in [6, 6.07) is 8.12. The molecule has 4 rings (SSSR count). The molecular formula is C20H19BrN4OS2. The lowest BCUT2D eigenvalue weighted by molar-refractivity contribution is 0.0788. The number of aromatic nitrogens is 3. The third-order valence-electron chi connectivity index (χ3n) is 4.42. The van der Waals surface area contributed by atoms with Crippen LogP contribution < -0.4 is 0 Å². The summed E-state index contributed by atoms with van der Waals surface area (Å²) in [6.07, 6.45) is 1.75. The van der Waals surface area contributed by atoms with Gasteiger partial charge in [-0.25, -0.2) is 9.67 Å². The van der Waals surface area contributed by atoms with Gasteiger partial charge >= 0.3 is 0 Å². The van der Waals surface area contributed by atoms with Crippen molar-refractivity contribution in [1.82, 2.24) is 19.7 Å². The van der Waals surface area contributed by atoms with Gasteiger partial charge in [-0.2, -0.15) is 5.10 Å². The molecule has 0 N–H and O–H groups in total. The summed E-state index contributed by atoms with van der Waals surface area (Å²) in [6.45, 7) is 4.69. The molecule has 4 heterocycles. The third kappa shape index (κ3) is 3.64. The van der Waals surface area contributed by atoms with Gasteiger partial charge in [-0.3, -0.25) is 4.79 Å². The minimum absolute atomic E-state index is 0.0296. The van der Waals surface area contributed by atoms with Crippen molar-refractivity contribution < 1.29 is 4.79 Å². The summed E-state index contributed by atoms with van der Waals surface area (Å²) in [5, 5.41) is 9.32. The van der Waals surface area contributed by atoms with E-state index in [2.05, 4.69) is 34.9 Å². The van der Waals surface area contributed by atoms with Gasteiger partial charge in [-0.15, -0.1) is 22.7 Å². The van der Waals surface area contributed by atoms with Crippen LogP contribution in [0.3, 0.4) is 0 Å². The molecule has 0 saturated carbocycles. The summed E-state index contributed by atoms with van der Waals surface area (Å²) in [4.78, 5) is 22.1. The standard InChI is InChI=1S/C20H19BrN4OS2/c1-12(2)25-19-16(9-22-25)15(8-17(23-19)18-5-4-6-27-18)20(26)24(3)10-14-7-13(21)11-28-14/h4-9,11-12H,10H2,1-3H3. The van der Waals surface area contributed by atoms with Crippen LogP contribution in [0.15, 0.2) is 45.7 Å². The van der Waals surface area contributed by atoms with E-state index in [0.29, 0.717) is 12.1 Å². The molecule has 0 bridgehead atoms. The first kappa shape index (κ1) is 19.3. The Kier molecular flexibility index (Phi) is 5.35. The van der Waals surface area contributed by atoms with Crippen LogP contribution in [0.25, 0.3) is 21.6 Å². The van der Waals surface area contributed by atoms with E-state index in [1.807, 2.05) is 46.8 Å². The van der Waals surface area contributed by atoms with Crippen molar-refractivity contribution in [3.05, 3.63) is 56.1 Å². The molecular weight excluding hydrogens is 456 g/mol. The highest BCUT2D eigenvalue weighted by molar-refractivity contribution is 9.10. The molecule has 0 aliphatic rings. The van der Waals surface area contributed by atoms with Crippen molar-refractivity contribution in [3.63, 3.8) is 0 Å². The fraction of sp³-hybridized carbons (Fsp3) is 0.250. The molecule has 0 aliphatic heterocycles. The minimum Gasteiger partial charge on any atom is -0.337 e. The molecule has 4 aromatic heterocycles. The van der Waals surface area contributed by atoms with Gasteiger partial charge in [0.25, 0.3) is 5.91 Å². The summed E-state index contributed by atoms with van der Waals surface area (Å²) in [5.74, 6) is -0.0296. The van der Waals surface area contributed by atoms with Gasteiger partial charge in [0.15, 0.2) is 5.65 Å². The van der Waals surface area contributed by atoms with E-state index in [9.17, 15) is 4.79 Å². The zero-order valence-electron chi connectivity index (χ0n) is 15.7. The van der Waals surface area contributed by atoms with Crippen LogP contribution in [0.5, 0.6) is 0 Å². The zero-order valence-corrected chi connectivity index (χ0v) is 18.9. The Morgan fingerprint density at radius 1 is 1.32 bits per heavy atom. The number of rotatable bonds is 5. The van der Waals surface area contributed by atoms with Crippen LogP contribution in [-0.4, -0.2) is 32.6 Å². The summed E-state index contributed by atoms with van der Waals surface area (Å²) < 4.78 is 2.91. The van der Waals surface area contributed by atoms with Gasteiger partial charge in [0.1, 0.15) is 0 Å². The van der Waals surface area contributed by atoms with E-state index in [-0.39, 0.29) is 11.9 Å². The number of amides is 1. The molecule has 144 valence electrons. The summed E-state index contributed by atoms with van der Waals surface area (Å²) in [7, 11) is 1.83. The van der Waals surface area contributed by atoms with Crippen molar-refractivity contribution in [2.45, 2.75) is 26.4 Å². The van der Waals surface area contributed by atoms with E-state index in [1.165, 1.54) is 0 Å². The summed E-state index contributed by atoms with van der Waals surface area (Å²) >= 11 is 6.72. The number of pyridine rings is 1. The number of carbonyl (C=O) groups is 1. The van der Waals surface area contributed by atoms with Crippen molar-refractivity contribution in [1.29, 1.82) is 0 Å². The van der Waals surface area contributed by atoms with Crippen LogP contribution in [0.4, 0.5) is 0 Å². The Labute approximate surface area is 179 Å². The van der Waals surface area contributed by atoms with Gasteiger partial charge in [-0.1, -0.05) is 6.07 Å². The maximum absolute atomic E-state index is 13.3. The fourth-order valence-corrected chi connectivity index (χ4v) is 5.26. The average molecular weight is 475 g/mol. The predicted molar refractivity (Wildman–Crippen MR) is 119 cm³/mol. The van der Waals surface area contributed by atoms with Crippen molar-refractivity contribution in [2.75, 3.05) is 7.05 Å². The smallest absolute Gasteiger partial charge is 0.254 e. The minimum atomic E-state index is -0.0296. The normalized spacial score (nSPS) is 11.5. The molecule has 0 unspecified atom stereocenters. The summed E-state index contributed by atoms with van der Waals surface area (Å²) in [5.41, 5.74) is 2.19. The maximum atomic E-state index is 13.3. The van der Waals surface area contributed by atoms with Gasteiger partial charge in [0, 0.05) is 27.8 Å². The number of hydrogen-bond donors (Lipinski definition) is 0. The van der Waals surface area contributed by atoms with E-state index in [1.54, 1.807) is 33.8 Å². The number of carbonyl (C=O) groups excluding carboxylic acids is 1. The first-order valence-electron chi connectivity index (χ1n) is 8.84. The van der Waals surface area contributed by atoms with Crippen molar-refractivity contribution in [2.24, 2.45) is 0 Å². The molecule has 0 radical (unpaired) electrons. The highest BCUT2D eigenvalue weighted by Crippen LogP contribution is 2.30. The van der Waals surface area contributed by atoms with Crippen LogP contribution in [-0.2, 0) is 6.54 Å². The van der Waals surface area contributed by atoms with Crippen LogP contribution in [0, 0.1) is 0 Å². The Bertz CT molecular complexity index is 1130. The fourth-order valence-electron chi connectivity index (χ4n) is 3.07. The Morgan fingerprint density at radius 3 is 2.79 bits per heavy atom. The van der Waals surface area contributed by atoms with Gasteiger partial charge in [-0.05, 0) is 53.4 Å². The SMILES string of the molecule is CC(C)n1ncc2c(C(=O)N(C)Cc3cc(Br)cs3)cc(-c3cccs3)nc21. The second-order valence-corrected chi connectivity index (χ2v) is 9.70. The molecule has 1 amide bonds. The molecule has 0 saturated heterocycles. The van der Waals surface area contributed by atoms with E-state index >= 15 is 0 Å². The van der Waals surface area contributed by atoms with Crippen molar-refractivity contribution in [3.8, 4) is 10.6 Å². The molecule has 0 fully saturated rings. The number of hydrogen-bond acceptors (Lipinski definition) is 5. The van der Waals surface area contributed by atoms with Gasteiger partial charge < -0.3 is 4.90 Å². The molecule has 0 aromatic carbocycles. The van der Waals surface area contributed by atoms with Gasteiger partial charge in [0.05, 0.1) is 34.3 Å². The topological polar surface area (TPSA) is 51.0 Å². The average Bonchev–Trinajstić information content (AvgIpc) is 3.40. The lowest BCUT2D eigenvalue weighted by Gasteiger charge is -2.17. The molecule has 5 nitrogen and oxygen atoms in total. The second kappa shape index (κ2) is 7.77. The highest BCUT2D eigenvalue weighted by Gasteiger charge is 2.21. The Balaban J connectivity index is 1.79. The van der Waals surface area contributed by atoms with Crippen molar-refractivity contribution >= 4 is 55.5 Å². The first-order valence-corrected chi connectivity index (χ1v) is 11.4. The Hall–Kier alpha value is -2.03. The molecule has 28 heavy (non-hydrogen) atoms. The quantitative estimate of drug-likeness (QED) is 0.365. The lowest BCUT2D eigenvalue weighted by atomic mass is 10.1. The Morgan fingerprint density at radius 2 is 2.14 bits per heavy atom. The number of halogens is 1. The van der Waals surface area contributed by atoms with E-state index in [4.69, 9.17) is 4.98 Å². The number of thiophene rings is 2. The molecule has 0 aliphatic carbocycles. The molecule has 8 heteroatoms. The number of nitrogens with zero attached hydrogens (tertiary/aromatic N) is 4. The highest BCUT2D eigenvalue weighted by atomic mass is 79.9. The zero-order chi connectivity index (χ0) is 19.8. The van der Waals surface area contributed by atoms with E-state index in [0.717, 1.165) is 31.0 Å². The number of fused-ring (bicyclic) bond motifs is 1. The lowest BCUT2D eigenvalue weighted by Crippen LogP contribution is -2.26. The van der Waals surface area contributed by atoms with E-state index < -0.39 is 0 Å². The van der Waals surface area contributed by atoms with Gasteiger partial charge in [0.2, 0.25) is 0 Å². The largest absolute Gasteiger partial charge is 0.337 e.